The van der Waals surface area contributed by atoms with Gasteiger partial charge in [0, 0.05) is 11.8 Å². The van der Waals surface area contributed by atoms with Crippen molar-refractivity contribution in [2.24, 2.45) is 0 Å². The van der Waals surface area contributed by atoms with Crippen LogP contribution in [0.2, 0.25) is 0 Å². The number of benzene rings is 1. The van der Waals surface area contributed by atoms with Crippen molar-refractivity contribution in [3.8, 4) is 0 Å². The highest BCUT2D eigenvalue weighted by atomic mass is 19.1. The Morgan fingerprint density at radius 1 is 1.32 bits per heavy atom. The monoisotopic (exact) mass is 258 g/mol. The lowest BCUT2D eigenvalue weighted by Gasteiger charge is -2.14. The number of carbonyl (C=O) groups is 1. The molecule has 1 heterocycles. The fraction of sp³-hybridized carbons (Fsp3) is 0.200. The van der Waals surface area contributed by atoms with Gasteiger partial charge in [0.2, 0.25) is 0 Å². The van der Waals surface area contributed by atoms with Crippen LogP contribution < -0.4 is 5.32 Å². The summed E-state index contributed by atoms with van der Waals surface area (Å²) < 4.78 is 13.0. The third kappa shape index (κ3) is 3.16. The summed E-state index contributed by atoms with van der Waals surface area (Å²) in [7, 11) is 0. The number of aromatic nitrogens is 1. The van der Waals surface area contributed by atoms with Gasteiger partial charge in [0.15, 0.2) is 0 Å². The van der Waals surface area contributed by atoms with Crippen molar-refractivity contribution >= 4 is 5.91 Å². The van der Waals surface area contributed by atoms with Crippen LogP contribution in [0, 0.1) is 12.7 Å². The van der Waals surface area contributed by atoms with Gasteiger partial charge in [-0.2, -0.15) is 0 Å². The molecule has 98 valence electrons. The number of nitrogens with zero attached hydrogens (tertiary/aromatic N) is 1. The quantitative estimate of drug-likeness (QED) is 0.919. The van der Waals surface area contributed by atoms with E-state index in [0.29, 0.717) is 11.1 Å². The first-order valence-electron chi connectivity index (χ1n) is 6.06. The highest BCUT2D eigenvalue weighted by molar-refractivity contribution is 5.95. The molecule has 0 spiro atoms. The fourth-order valence-corrected chi connectivity index (χ4v) is 1.86. The average molecular weight is 258 g/mol. The van der Waals surface area contributed by atoms with Crippen LogP contribution in [0.4, 0.5) is 4.39 Å². The van der Waals surface area contributed by atoms with E-state index in [-0.39, 0.29) is 17.8 Å². The lowest BCUT2D eigenvalue weighted by atomic mass is 10.1. The zero-order chi connectivity index (χ0) is 13.8. The Hall–Kier alpha value is -2.23. The molecule has 2 rings (SSSR count). The molecule has 2 aromatic rings. The summed E-state index contributed by atoms with van der Waals surface area (Å²) in [4.78, 5) is 16.3. The van der Waals surface area contributed by atoms with E-state index in [9.17, 15) is 9.18 Å². The average Bonchev–Trinajstić information content (AvgIpc) is 2.39. The first-order valence-corrected chi connectivity index (χ1v) is 6.06. The molecular formula is C15H15FN2O. The highest BCUT2D eigenvalue weighted by Crippen LogP contribution is 2.13. The van der Waals surface area contributed by atoms with E-state index >= 15 is 0 Å². The van der Waals surface area contributed by atoms with Gasteiger partial charge >= 0.3 is 0 Å². The molecule has 0 aliphatic carbocycles. The molecule has 0 aliphatic heterocycles. The van der Waals surface area contributed by atoms with Gasteiger partial charge in [-0.25, -0.2) is 4.39 Å². The summed E-state index contributed by atoms with van der Waals surface area (Å²) >= 11 is 0. The number of hydrogen-bond donors (Lipinski definition) is 1. The highest BCUT2D eigenvalue weighted by Gasteiger charge is 2.14. The topological polar surface area (TPSA) is 42.0 Å². The van der Waals surface area contributed by atoms with Crippen LogP contribution in [-0.2, 0) is 0 Å². The SMILES string of the molecule is Cc1cc(F)ccc1C(=O)NC(C)c1ccccn1. The first-order chi connectivity index (χ1) is 9.08. The van der Waals surface area contributed by atoms with Crippen LogP contribution in [0.5, 0.6) is 0 Å². The number of halogens is 1. The van der Waals surface area contributed by atoms with Crippen molar-refractivity contribution < 1.29 is 9.18 Å². The van der Waals surface area contributed by atoms with Gasteiger partial charge in [-0.3, -0.25) is 9.78 Å². The molecule has 3 nitrogen and oxygen atoms in total. The number of hydrogen-bond acceptors (Lipinski definition) is 2. The molecule has 19 heavy (non-hydrogen) atoms. The molecule has 1 N–H and O–H groups in total. The van der Waals surface area contributed by atoms with E-state index in [1.807, 2.05) is 25.1 Å². The van der Waals surface area contributed by atoms with Gasteiger partial charge in [-0.05, 0) is 49.7 Å². The minimum atomic E-state index is -0.341. The maximum atomic E-state index is 13.0. The number of rotatable bonds is 3. The van der Waals surface area contributed by atoms with E-state index in [0.717, 1.165) is 5.69 Å². The fourth-order valence-electron chi connectivity index (χ4n) is 1.86. The van der Waals surface area contributed by atoms with E-state index < -0.39 is 0 Å². The Morgan fingerprint density at radius 3 is 2.74 bits per heavy atom. The van der Waals surface area contributed by atoms with Crippen molar-refractivity contribution in [3.05, 3.63) is 65.2 Å². The molecular weight excluding hydrogens is 243 g/mol. The number of pyridine rings is 1. The molecule has 0 saturated heterocycles. The van der Waals surface area contributed by atoms with Crippen LogP contribution in [-0.4, -0.2) is 10.9 Å². The van der Waals surface area contributed by atoms with Crippen LogP contribution in [0.3, 0.4) is 0 Å². The molecule has 0 aliphatic rings. The minimum Gasteiger partial charge on any atom is -0.344 e. The molecule has 1 amide bonds. The number of carbonyl (C=O) groups excluding carboxylic acids is 1. The number of amides is 1. The lowest BCUT2D eigenvalue weighted by molar-refractivity contribution is 0.0938. The van der Waals surface area contributed by atoms with Gasteiger partial charge in [0.25, 0.3) is 5.91 Å². The third-order valence-electron chi connectivity index (χ3n) is 2.91. The second kappa shape index (κ2) is 5.61. The molecule has 1 aromatic carbocycles. The smallest absolute Gasteiger partial charge is 0.252 e. The van der Waals surface area contributed by atoms with Gasteiger partial charge in [0.05, 0.1) is 11.7 Å². The second-order valence-corrected chi connectivity index (χ2v) is 4.41. The van der Waals surface area contributed by atoms with Crippen molar-refractivity contribution in [1.29, 1.82) is 0 Å². The Morgan fingerprint density at radius 2 is 2.11 bits per heavy atom. The van der Waals surface area contributed by atoms with E-state index in [2.05, 4.69) is 10.3 Å². The summed E-state index contributed by atoms with van der Waals surface area (Å²) in [6, 6.07) is 9.47. The normalized spacial score (nSPS) is 11.9. The van der Waals surface area contributed by atoms with Gasteiger partial charge in [-0.1, -0.05) is 6.07 Å². The maximum absolute atomic E-state index is 13.0. The van der Waals surface area contributed by atoms with E-state index in [1.54, 1.807) is 13.1 Å². The van der Waals surface area contributed by atoms with Crippen LogP contribution in [0.1, 0.15) is 34.6 Å². The second-order valence-electron chi connectivity index (χ2n) is 4.41. The molecule has 0 saturated carbocycles. The van der Waals surface area contributed by atoms with E-state index in [1.165, 1.54) is 18.2 Å². The molecule has 0 bridgehead atoms. The van der Waals surface area contributed by atoms with Crippen LogP contribution >= 0.6 is 0 Å². The van der Waals surface area contributed by atoms with Crippen LogP contribution in [0.15, 0.2) is 42.6 Å². The Kier molecular flexibility index (Phi) is 3.90. The zero-order valence-electron chi connectivity index (χ0n) is 10.9. The lowest BCUT2D eigenvalue weighted by Crippen LogP contribution is -2.27. The van der Waals surface area contributed by atoms with Gasteiger partial charge in [-0.15, -0.1) is 0 Å². The van der Waals surface area contributed by atoms with E-state index in [4.69, 9.17) is 0 Å². The number of nitrogens with one attached hydrogen (secondary N) is 1. The summed E-state index contributed by atoms with van der Waals surface area (Å²) in [5.41, 5.74) is 1.88. The summed E-state index contributed by atoms with van der Waals surface area (Å²) in [5, 5.41) is 2.85. The van der Waals surface area contributed by atoms with Gasteiger partial charge < -0.3 is 5.32 Å². The predicted octanol–water partition coefficient (Wildman–Crippen LogP) is 3.02. The molecule has 0 fully saturated rings. The standard InChI is InChI=1S/C15H15FN2O/c1-10-9-12(16)6-7-13(10)15(19)18-11(2)14-5-3-4-8-17-14/h3-9,11H,1-2H3,(H,18,19). The third-order valence-corrected chi connectivity index (χ3v) is 2.91. The van der Waals surface area contributed by atoms with Crippen molar-refractivity contribution in [3.63, 3.8) is 0 Å². The molecule has 1 atom stereocenters. The minimum absolute atomic E-state index is 0.196. The Balaban J connectivity index is 2.13. The summed E-state index contributed by atoms with van der Waals surface area (Å²) in [6.07, 6.45) is 1.68. The number of aryl methyl sites for hydroxylation is 1. The zero-order valence-corrected chi connectivity index (χ0v) is 10.9. The van der Waals surface area contributed by atoms with Crippen molar-refractivity contribution in [2.45, 2.75) is 19.9 Å². The Bertz CT molecular complexity index is 584. The summed E-state index contributed by atoms with van der Waals surface area (Å²) in [5.74, 6) is -0.567. The maximum Gasteiger partial charge on any atom is 0.252 e. The largest absolute Gasteiger partial charge is 0.344 e. The first kappa shape index (κ1) is 13.2. The predicted molar refractivity (Wildman–Crippen MR) is 71.3 cm³/mol. The molecule has 4 heteroatoms. The summed E-state index contributed by atoms with van der Waals surface area (Å²) in [6.45, 7) is 3.57. The van der Waals surface area contributed by atoms with Gasteiger partial charge in [0.1, 0.15) is 5.82 Å². The molecule has 1 unspecified atom stereocenters. The molecule has 1 aromatic heterocycles. The van der Waals surface area contributed by atoms with Crippen molar-refractivity contribution in [2.75, 3.05) is 0 Å². The van der Waals surface area contributed by atoms with Crippen molar-refractivity contribution in [1.82, 2.24) is 10.3 Å². The molecule has 0 radical (unpaired) electrons. The van der Waals surface area contributed by atoms with Crippen LogP contribution in [0.25, 0.3) is 0 Å². The Labute approximate surface area is 111 Å².